The predicted octanol–water partition coefficient (Wildman–Crippen LogP) is 5.97. The van der Waals surface area contributed by atoms with Crippen molar-refractivity contribution in [3.8, 4) is 0 Å². The molecule has 0 saturated heterocycles. The van der Waals surface area contributed by atoms with Crippen molar-refractivity contribution in [1.82, 2.24) is 0 Å². The van der Waals surface area contributed by atoms with Crippen LogP contribution in [0.2, 0.25) is 0 Å². The molecule has 0 aliphatic rings. The molecule has 0 spiro atoms. The molecule has 0 aliphatic heterocycles. The molecule has 0 heterocycles. The largest absolute Gasteiger partial charge is 0.131 e. The van der Waals surface area contributed by atoms with Gasteiger partial charge in [0.15, 0.2) is 0 Å². The van der Waals surface area contributed by atoms with Crippen LogP contribution in [0.25, 0.3) is 0 Å². The van der Waals surface area contributed by atoms with Crippen molar-refractivity contribution >= 4 is 11.8 Å². The van der Waals surface area contributed by atoms with Gasteiger partial charge in [-0.2, -0.15) is 0 Å². The van der Waals surface area contributed by atoms with Crippen LogP contribution in [0.5, 0.6) is 0 Å². The highest BCUT2D eigenvalue weighted by Crippen LogP contribution is 2.20. The average molecular weight is 252 g/mol. The molecular weight excluding hydrogens is 224 g/mol. The Morgan fingerprint density at radius 3 is 2.65 bits per heavy atom. The fourth-order valence-corrected chi connectivity index (χ4v) is 2.18. The van der Waals surface area contributed by atoms with Crippen molar-refractivity contribution in [3.05, 3.63) is 35.8 Å². The van der Waals surface area contributed by atoms with E-state index in [0.29, 0.717) is 0 Å². The van der Waals surface area contributed by atoms with Gasteiger partial charge in [0, 0.05) is 5.75 Å². The lowest BCUT2D eigenvalue weighted by molar-refractivity contribution is 0.472. The van der Waals surface area contributed by atoms with E-state index < -0.39 is 0 Å². The third-order valence-corrected chi connectivity index (χ3v) is 3.75. The lowest BCUT2D eigenvalue weighted by Crippen LogP contribution is -1.96. The summed E-state index contributed by atoms with van der Waals surface area (Å²) in [6, 6.07) is 0. The van der Waals surface area contributed by atoms with Crippen molar-refractivity contribution < 1.29 is 0 Å². The van der Waals surface area contributed by atoms with Crippen molar-refractivity contribution in [2.24, 2.45) is 5.92 Å². The molecular formula is C16H28S. The highest BCUT2D eigenvalue weighted by molar-refractivity contribution is 8.02. The van der Waals surface area contributed by atoms with E-state index >= 15 is 0 Å². The Balaban J connectivity index is 3.83. The standard InChI is InChI=1S/C16H28S/c1-6-8-9-14(3)10-11-15(4)16(5)12-13-17-7-2/h7,12,14H,2,4,6,8-11,13H2,1,3,5H3/t14-/m0/s1. The first kappa shape index (κ1) is 16.6. The van der Waals surface area contributed by atoms with Crippen LogP contribution in [-0.4, -0.2) is 5.75 Å². The van der Waals surface area contributed by atoms with Crippen LogP contribution in [0, 0.1) is 5.92 Å². The second-order valence-corrected chi connectivity index (χ2v) is 5.78. The van der Waals surface area contributed by atoms with Crippen LogP contribution in [0.15, 0.2) is 35.8 Å². The van der Waals surface area contributed by atoms with Crippen LogP contribution < -0.4 is 0 Å². The summed E-state index contributed by atoms with van der Waals surface area (Å²) in [6.07, 6.45) is 8.70. The first-order valence-corrected chi connectivity index (χ1v) is 7.74. The van der Waals surface area contributed by atoms with Crippen LogP contribution in [0.4, 0.5) is 0 Å². The summed E-state index contributed by atoms with van der Waals surface area (Å²) in [5, 5.41) is 1.89. The number of allylic oxidation sites excluding steroid dienone is 2. The smallest absolute Gasteiger partial charge is 0.0160 e. The molecule has 0 aromatic heterocycles. The Labute approximate surface area is 112 Å². The molecule has 1 heteroatoms. The molecule has 98 valence electrons. The summed E-state index contributed by atoms with van der Waals surface area (Å²) < 4.78 is 0. The lowest BCUT2D eigenvalue weighted by atomic mass is 9.94. The number of thioether (sulfide) groups is 1. The van der Waals surface area contributed by atoms with Gasteiger partial charge in [-0.15, -0.1) is 11.8 Å². The molecule has 0 unspecified atom stereocenters. The molecule has 17 heavy (non-hydrogen) atoms. The first-order chi connectivity index (χ1) is 8.11. The van der Waals surface area contributed by atoms with Gasteiger partial charge in [-0.25, -0.2) is 0 Å². The van der Waals surface area contributed by atoms with E-state index in [1.807, 2.05) is 5.41 Å². The Kier molecular flexibility index (Phi) is 10.4. The highest BCUT2D eigenvalue weighted by atomic mass is 32.2. The number of hydrogen-bond donors (Lipinski definition) is 0. The minimum absolute atomic E-state index is 0.835. The Morgan fingerprint density at radius 1 is 1.35 bits per heavy atom. The molecule has 0 aromatic rings. The van der Waals surface area contributed by atoms with Gasteiger partial charge in [0.25, 0.3) is 0 Å². The quantitative estimate of drug-likeness (QED) is 0.341. The maximum Gasteiger partial charge on any atom is 0.0160 e. The second kappa shape index (κ2) is 10.7. The van der Waals surface area contributed by atoms with E-state index in [1.165, 1.54) is 36.8 Å². The predicted molar refractivity (Wildman–Crippen MR) is 83.5 cm³/mol. The average Bonchev–Trinajstić information content (AvgIpc) is 2.33. The normalized spacial score (nSPS) is 13.5. The van der Waals surface area contributed by atoms with Gasteiger partial charge in [0.2, 0.25) is 0 Å². The van der Waals surface area contributed by atoms with Gasteiger partial charge in [0.1, 0.15) is 0 Å². The maximum atomic E-state index is 4.18. The zero-order chi connectivity index (χ0) is 13.1. The van der Waals surface area contributed by atoms with Gasteiger partial charge < -0.3 is 0 Å². The van der Waals surface area contributed by atoms with E-state index in [0.717, 1.165) is 18.1 Å². The van der Waals surface area contributed by atoms with Gasteiger partial charge in [0.05, 0.1) is 0 Å². The highest BCUT2D eigenvalue weighted by Gasteiger charge is 2.03. The van der Waals surface area contributed by atoms with Crippen molar-refractivity contribution in [2.45, 2.75) is 52.9 Å². The number of unbranched alkanes of at least 4 members (excludes halogenated alkanes) is 1. The fourth-order valence-electron chi connectivity index (χ4n) is 1.70. The van der Waals surface area contributed by atoms with Gasteiger partial charge in [-0.05, 0) is 31.1 Å². The summed E-state index contributed by atoms with van der Waals surface area (Å²) >= 11 is 1.74. The summed E-state index contributed by atoms with van der Waals surface area (Å²) in [4.78, 5) is 0. The molecule has 0 rings (SSSR count). The van der Waals surface area contributed by atoms with Gasteiger partial charge in [-0.3, -0.25) is 0 Å². The van der Waals surface area contributed by atoms with E-state index in [1.54, 1.807) is 11.8 Å². The van der Waals surface area contributed by atoms with E-state index in [-0.39, 0.29) is 0 Å². The molecule has 0 aliphatic carbocycles. The van der Waals surface area contributed by atoms with Crippen LogP contribution in [-0.2, 0) is 0 Å². The van der Waals surface area contributed by atoms with Crippen LogP contribution >= 0.6 is 11.8 Å². The third kappa shape index (κ3) is 9.29. The zero-order valence-corrected chi connectivity index (χ0v) is 12.6. The molecule has 0 saturated carbocycles. The van der Waals surface area contributed by atoms with Gasteiger partial charge in [-0.1, -0.05) is 63.5 Å². The molecule has 0 bridgehead atoms. The van der Waals surface area contributed by atoms with E-state index in [4.69, 9.17) is 0 Å². The number of rotatable bonds is 10. The summed E-state index contributed by atoms with van der Waals surface area (Å²) in [5.41, 5.74) is 2.65. The van der Waals surface area contributed by atoms with Crippen molar-refractivity contribution in [2.75, 3.05) is 5.75 Å². The van der Waals surface area contributed by atoms with Gasteiger partial charge >= 0.3 is 0 Å². The first-order valence-electron chi connectivity index (χ1n) is 6.69. The van der Waals surface area contributed by atoms with Crippen LogP contribution in [0.3, 0.4) is 0 Å². The molecule has 0 N–H and O–H groups in total. The summed E-state index contributed by atoms with van der Waals surface area (Å²) in [5.74, 6) is 1.85. The monoisotopic (exact) mass is 252 g/mol. The molecule has 1 atom stereocenters. The van der Waals surface area contributed by atoms with Crippen molar-refractivity contribution in [3.63, 3.8) is 0 Å². The summed E-state index contributed by atoms with van der Waals surface area (Å²) in [6.45, 7) is 14.7. The maximum absolute atomic E-state index is 4.18. The molecule has 0 aromatic carbocycles. The Morgan fingerprint density at radius 2 is 2.06 bits per heavy atom. The second-order valence-electron chi connectivity index (χ2n) is 4.78. The van der Waals surface area contributed by atoms with E-state index in [2.05, 4.69) is 40.0 Å². The van der Waals surface area contributed by atoms with Crippen molar-refractivity contribution in [1.29, 1.82) is 0 Å². The minimum Gasteiger partial charge on any atom is -0.131 e. The molecule has 0 amide bonds. The fraction of sp³-hybridized carbons (Fsp3) is 0.625. The van der Waals surface area contributed by atoms with Crippen LogP contribution in [0.1, 0.15) is 52.9 Å². The Hall–Kier alpha value is -0.430. The Bertz CT molecular complexity index is 250. The summed E-state index contributed by atoms with van der Waals surface area (Å²) in [7, 11) is 0. The minimum atomic E-state index is 0.835. The SMILES string of the molecule is C=CSCC=C(C)C(=C)CC[C@@H](C)CCCC. The number of hydrogen-bond acceptors (Lipinski definition) is 1. The molecule has 0 fully saturated rings. The third-order valence-electron chi connectivity index (χ3n) is 3.15. The molecule has 0 nitrogen and oxygen atoms in total. The lowest BCUT2D eigenvalue weighted by Gasteiger charge is -2.12. The zero-order valence-electron chi connectivity index (χ0n) is 11.8. The van der Waals surface area contributed by atoms with E-state index in [9.17, 15) is 0 Å². The topological polar surface area (TPSA) is 0 Å². The molecule has 0 radical (unpaired) electrons.